The highest BCUT2D eigenvalue weighted by Gasteiger charge is 2.08. The van der Waals surface area contributed by atoms with E-state index < -0.39 is 0 Å². The number of ether oxygens (including phenoxy) is 1. The molecule has 130 valence electrons. The molecule has 0 bridgehead atoms. The van der Waals surface area contributed by atoms with Crippen molar-refractivity contribution in [3.63, 3.8) is 0 Å². The average molecular weight is 336 g/mol. The summed E-state index contributed by atoms with van der Waals surface area (Å²) in [6, 6.07) is 14.2. The SMILES string of the molecule is CCc1cccc(NC(N)=NCCc2c[nH]c3cccc(OC)c23)c1. The Hall–Kier alpha value is -2.95. The van der Waals surface area contributed by atoms with Gasteiger partial charge in [0.2, 0.25) is 0 Å². The summed E-state index contributed by atoms with van der Waals surface area (Å²) in [7, 11) is 1.69. The van der Waals surface area contributed by atoms with Gasteiger partial charge in [-0.05, 0) is 48.2 Å². The smallest absolute Gasteiger partial charge is 0.193 e. The van der Waals surface area contributed by atoms with E-state index in [2.05, 4.69) is 34.3 Å². The quantitative estimate of drug-likeness (QED) is 0.474. The number of aromatic amines is 1. The molecule has 0 radical (unpaired) electrons. The van der Waals surface area contributed by atoms with Crippen LogP contribution in [0.15, 0.2) is 53.7 Å². The molecule has 5 heteroatoms. The number of guanidine groups is 1. The Morgan fingerprint density at radius 3 is 2.88 bits per heavy atom. The van der Waals surface area contributed by atoms with Crippen LogP contribution in [0.4, 0.5) is 5.69 Å². The van der Waals surface area contributed by atoms with Gasteiger partial charge in [-0.2, -0.15) is 0 Å². The normalized spacial score (nSPS) is 11.7. The maximum absolute atomic E-state index is 6.01. The van der Waals surface area contributed by atoms with Gasteiger partial charge < -0.3 is 20.8 Å². The van der Waals surface area contributed by atoms with Gasteiger partial charge in [0, 0.05) is 29.3 Å². The third-order valence-corrected chi connectivity index (χ3v) is 4.24. The fourth-order valence-corrected chi connectivity index (χ4v) is 2.94. The summed E-state index contributed by atoms with van der Waals surface area (Å²) < 4.78 is 5.46. The highest BCUT2D eigenvalue weighted by atomic mass is 16.5. The van der Waals surface area contributed by atoms with Crippen LogP contribution in [-0.4, -0.2) is 24.6 Å². The lowest BCUT2D eigenvalue weighted by Crippen LogP contribution is -2.23. The maximum Gasteiger partial charge on any atom is 0.193 e. The summed E-state index contributed by atoms with van der Waals surface area (Å²) >= 11 is 0. The minimum atomic E-state index is 0.431. The van der Waals surface area contributed by atoms with E-state index in [0.29, 0.717) is 12.5 Å². The van der Waals surface area contributed by atoms with E-state index in [-0.39, 0.29) is 0 Å². The van der Waals surface area contributed by atoms with E-state index in [1.54, 1.807) is 7.11 Å². The van der Waals surface area contributed by atoms with Crippen LogP contribution in [0.1, 0.15) is 18.1 Å². The standard InChI is InChI=1S/C20H24N4O/c1-3-14-6-4-7-16(12-14)24-20(21)22-11-10-15-13-23-17-8-5-9-18(25-2)19(15)17/h4-9,12-13,23H,3,10-11H2,1-2H3,(H3,21,22,24). The molecule has 4 N–H and O–H groups in total. The number of H-pyrrole nitrogens is 1. The van der Waals surface area contributed by atoms with Gasteiger partial charge >= 0.3 is 0 Å². The Bertz CT molecular complexity index is 882. The zero-order valence-corrected chi connectivity index (χ0v) is 14.7. The molecule has 0 unspecified atom stereocenters. The van der Waals surface area contributed by atoms with E-state index in [0.717, 1.165) is 35.2 Å². The minimum Gasteiger partial charge on any atom is -0.496 e. The fraction of sp³-hybridized carbons (Fsp3) is 0.250. The predicted molar refractivity (Wildman–Crippen MR) is 104 cm³/mol. The van der Waals surface area contributed by atoms with Crippen molar-refractivity contribution in [1.29, 1.82) is 0 Å². The van der Waals surface area contributed by atoms with E-state index in [4.69, 9.17) is 10.5 Å². The van der Waals surface area contributed by atoms with Crippen molar-refractivity contribution in [3.8, 4) is 5.75 Å². The molecule has 0 saturated heterocycles. The third-order valence-electron chi connectivity index (χ3n) is 4.24. The van der Waals surface area contributed by atoms with Crippen LogP contribution < -0.4 is 15.8 Å². The number of aromatic nitrogens is 1. The number of rotatable bonds is 6. The number of fused-ring (bicyclic) bond motifs is 1. The number of hydrogen-bond donors (Lipinski definition) is 3. The van der Waals surface area contributed by atoms with Gasteiger partial charge in [0.15, 0.2) is 5.96 Å². The van der Waals surface area contributed by atoms with E-state index in [1.807, 2.05) is 36.5 Å². The molecule has 0 spiro atoms. The zero-order valence-electron chi connectivity index (χ0n) is 14.7. The van der Waals surface area contributed by atoms with Gasteiger partial charge in [-0.3, -0.25) is 4.99 Å². The second kappa shape index (κ2) is 7.75. The minimum absolute atomic E-state index is 0.431. The molecule has 1 heterocycles. The summed E-state index contributed by atoms with van der Waals surface area (Å²) in [4.78, 5) is 7.72. The van der Waals surface area contributed by atoms with Crippen LogP contribution in [0, 0.1) is 0 Å². The van der Waals surface area contributed by atoms with Crippen LogP contribution in [0.5, 0.6) is 5.75 Å². The highest BCUT2D eigenvalue weighted by Crippen LogP contribution is 2.28. The fourth-order valence-electron chi connectivity index (χ4n) is 2.94. The summed E-state index contributed by atoms with van der Waals surface area (Å²) in [5.41, 5.74) is 10.5. The van der Waals surface area contributed by atoms with E-state index in [9.17, 15) is 0 Å². The largest absolute Gasteiger partial charge is 0.496 e. The first-order valence-electron chi connectivity index (χ1n) is 8.50. The van der Waals surface area contributed by atoms with Gasteiger partial charge in [-0.15, -0.1) is 0 Å². The third kappa shape index (κ3) is 3.94. The Labute approximate surface area is 147 Å². The van der Waals surface area contributed by atoms with Crippen molar-refractivity contribution in [1.82, 2.24) is 4.98 Å². The summed E-state index contributed by atoms with van der Waals surface area (Å²) in [5.74, 6) is 1.31. The van der Waals surface area contributed by atoms with E-state index >= 15 is 0 Å². The average Bonchev–Trinajstić information content (AvgIpc) is 3.05. The molecule has 2 aromatic carbocycles. The molecule has 0 fully saturated rings. The summed E-state index contributed by atoms with van der Waals surface area (Å²) in [5, 5.41) is 4.26. The van der Waals surface area contributed by atoms with Crippen molar-refractivity contribution in [2.24, 2.45) is 10.7 Å². The first-order chi connectivity index (χ1) is 12.2. The number of hydrogen-bond acceptors (Lipinski definition) is 2. The number of aryl methyl sites for hydroxylation is 1. The lowest BCUT2D eigenvalue weighted by Gasteiger charge is -2.07. The molecular weight excluding hydrogens is 312 g/mol. The Balaban J connectivity index is 1.66. The highest BCUT2D eigenvalue weighted by molar-refractivity contribution is 5.92. The summed E-state index contributed by atoms with van der Waals surface area (Å²) in [6.45, 7) is 2.74. The molecule has 25 heavy (non-hydrogen) atoms. The van der Waals surface area contributed by atoms with Crippen LogP contribution in [-0.2, 0) is 12.8 Å². The van der Waals surface area contributed by atoms with Crippen LogP contribution in [0.25, 0.3) is 10.9 Å². The molecule has 0 atom stereocenters. The van der Waals surface area contributed by atoms with Crippen molar-refractivity contribution in [2.45, 2.75) is 19.8 Å². The first kappa shape index (κ1) is 16.9. The van der Waals surface area contributed by atoms with Crippen molar-refractivity contribution >= 4 is 22.5 Å². The lowest BCUT2D eigenvalue weighted by atomic mass is 10.1. The molecule has 0 amide bonds. The van der Waals surface area contributed by atoms with Gasteiger partial charge in [-0.1, -0.05) is 25.1 Å². The maximum atomic E-state index is 6.01. The molecule has 5 nitrogen and oxygen atoms in total. The Morgan fingerprint density at radius 2 is 2.08 bits per heavy atom. The predicted octanol–water partition coefficient (Wildman–Crippen LogP) is 3.71. The number of nitrogens with zero attached hydrogens (tertiary/aromatic N) is 1. The second-order valence-electron chi connectivity index (χ2n) is 5.89. The van der Waals surface area contributed by atoms with Gasteiger partial charge in [0.25, 0.3) is 0 Å². The topological polar surface area (TPSA) is 75.4 Å². The number of anilines is 1. The molecule has 3 rings (SSSR count). The monoisotopic (exact) mass is 336 g/mol. The molecule has 1 aromatic heterocycles. The zero-order chi connectivity index (χ0) is 17.6. The lowest BCUT2D eigenvalue weighted by molar-refractivity contribution is 0.419. The number of nitrogens with one attached hydrogen (secondary N) is 2. The number of methoxy groups -OCH3 is 1. The van der Waals surface area contributed by atoms with Crippen molar-refractivity contribution < 1.29 is 4.74 Å². The van der Waals surface area contributed by atoms with Crippen LogP contribution in [0.2, 0.25) is 0 Å². The van der Waals surface area contributed by atoms with Gasteiger partial charge in [0.1, 0.15) is 5.75 Å². The second-order valence-corrected chi connectivity index (χ2v) is 5.89. The number of benzene rings is 2. The van der Waals surface area contributed by atoms with Gasteiger partial charge in [0.05, 0.1) is 7.11 Å². The number of aliphatic imine (C=N–C) groups is 1. The molecular formula is C20H24N4O. The molecule has 0 aliphatic heterocycles. The molecule has 0 saturated carbocycles. The van der Waals surface area contributed by atoms with Crippen molar-refractivity contribution in [3.05, 3.63) is 59.8 Å². The van der Waals surface area contributed by atoms with Crippen molar-refractivity contribution in [2.75, 3.05) is 19.0 Å². The molecule has 0 aliphatic carbocycles. The first-order valence-corrected chi connectivity index (χ1v) is 8.50. The van der Waals surface area contributed by atoms with Gasteiger partial charge in [-0.25, -0.2) is 0 Å². The van der Waals surface area contributed by atoms with E-state index in [1.165, 1.54) is 11.1 Å². The van der Waals surface area contributed by atoms with Crippen LogP contribution >= 0.6 is 0 Å². The Morgan fingerprint density at radius 1 is 1.24 bits per heavy atom. The summed E-state index contributed by atoms with van der Waals surface area (Å²) in [6.07, 6.45) is 3.80. The Kier molecular flexibility index (Phi) is 5.23. The number of nitrogens with two attached hydrogens (primary N) is 1. The molecule has 0 aliphatic rings. The van der Waals surface area contributed by atoms with Crippen LogP contribution in [0.3, 0.4) is 0 Å². The molecule has 3 aromatic rings.